The van der Waals surface area contributed by atoms with Crippen LogP contribution in [0.3, 0.4) is 0 Å². The number of nitrogens with zero attached hydrogens (tertiary/aromatic N) is 3. The lowest BCUT2D eigenvalue weighted by atomic mass is 9.81. The molecule has 6 nitrogen and oxygen atoms in total. The summed E-state index contributed by atoms with van der Waals surface area (Å²) in [7, 11) is 0. The van der Waals surface area contributed by atoms with Gasteiger partial charge in [0.1, 0.15) is 11.4 Å². The number of ether oxygens (including phenoxy) is 1. The molecule has 1 aliphatic rings. The van der Waals surface area contributed by atoms with Crippen LogP contribution in [0.5, 0.6) is 0 Å². The predicted octanol–water partition coefficient (Wildman–Crippen LogP) is 2.95. The van der Waals surface area contributed by atoms with Gasteiger partial charge in [-0.25, -0.2) is 4.79 Å². The van der Waals surface area contributed by atoms with Crippen molar-refractivity contribution < 1.29 is 9.53 Å². The fourth-order valence-corrected chi connectivity index (χ4v) is 2.88. The number of nitrogens with two attached hydrogens (primary N) is 1. The molecule has 22 heavy (non-hydrogen) atoms. The fourth-order valence-electron chi connectivity index (χ4n) is 2.88. The molecule has 0 spiro atoms. The van der Waals surface area contributed by atoms with Crippen molar-refractivity contribution in [2.75, 3.05) is 12.3 Å². The van der Waals surface area contributed by atoms with E-state index >= 15 is 0 Å². The van der Waals surface area contributed by atoms with Crippen LogP contribution in [-0.4, -0.2) is 38.9 Å². The Kier molecular flexibility index (Phi) is 4.31. The first kappa shape index (κ1) is 16.5. The molecule has 0 radical (unpaired) electrons. The molecule has 0 saturated carbocycles. The number of likely N-dealkylation sites (tertiary alicyclic amines) is 1. The van der Waals surface area contributed by atoms with Crippen molar-refractivity contribution in [2.45, 2.75) is 64.5 Å². The minimum atomic E-state index is -0.480. The zero-order valence-electron chi connectivity index (χ0n) is 14.1. The summed E-state index contributed by atoms with van der Waals surface area (Å²) in [5, 5.41) is 8.11. The number of carbonyl (C=O) groups is 1. The molecule has 2 rings (SSSR count). The molecular formula is C16H26N4O2. The highest BCUT2D eigenvalue weighted by molar-refractivity contribution is 5.69. The van der Waals surface area contributed by atoms with E-state index in [-0.39, 0.29) is 17.6 Å². The highest BCUT2D eigenvalue weighted by atomic mass is 16.6. The second-order valence-corrected chi connectivity index (χ2v) is 7.52. The van der Waals surface area contributed by atoms with Gasteiger partial charge in [-0.3, -0.25) is 0 Å². The highest BCUT2D eigenvalue weighted by Gasteiger charge is 2.40. The highest BCUT2D eigenvalue weighted by Crippen LogP contribution is 2.37. The molecule has 1 aliphatic heterocycles. The van der Waals surface area contributed by atoms with E-state index in [1.165, 1.54) is 0 Å². The molecule has 2 heterocycles. The predicted molar refractivity (Wildman–Crippen MR) is 85.4 cm³/mol. The third-order valence-electron chi connectivity index (χ3n) is 3.92. The molecule has 1 fully saturated rings. The van der Waals surface area contributed by atoms with E-state index in [2.05, 4.69) is 24.0 Å². The summed E-state index contributed by atoms with van der Waals surface area (Å²) >= 11 is 0. The molecule has 1 saturated heterocycles. The maximum Gasteiger partial charge on any atom is 0.410 e. The van der Waals surface area contributed by atoms with Gasteiger partial charge in [-0.1, -0.05) is 0 Å². The number of amides is 1. The Morgan fingerprint density at radius 1 is 1.36 bits per heavy atom. The summed E-state index contributed by atoms with van der Waals surface area (Å²) in [6.07, 6.45) is 1.42. The summed E-state index contributed by atoms with van der Waals surface area (Å²) in [5.74, 6) is 0.705. The minimum Gasteiger partial charge on any atom is -0.444 e. The molecule has 6 heteroatoms. The number of carbonyl (C=O) groups excluding carboxylic acids is 1. The largest absolute Gasteiger partial charge is 0.444 e. The standard InChI is InChI=1S/C16H26N4O2/c1-15(2,3)22-14(21)20-9-8-11(10-16(20,4)5)12-6-7-13(17)19-18-12/h6-7,11H,8-10H2,1-5H3,(H2,17,19). The van der Waals surface area contributed by atoms with E-state index in [4.69, 9.17) is 10.5 Å². The Morgan fingerprint density at radius 3 is 2.55 bits per heavy atom. The van der Waals surface area contributed by atoms with E-state index in [1.54, 1.807) is 6.07 Å². The van der Waals surface area contributed by atoms with Crippen molar-refractivity contribution in [3.63, 3.8) is 0 Å². The van der Waals surface area contributed by atoms with Gasteiger partial charge in [0.25, 0.3) is 0 Å². The summed E-state index contributed by atoms with van der Waals surface area (Å²) in [5.41, 5.74) is 5.76. The second kappa shape index (κ2) is 5.74. The smallest absolute Gasteiger partial charge is 0.410 e. The third-order valence-corrected chi connectivity index (χ3v) is 3.92. The van der Waals surface area contributed by atoms with Crippen LogP contribution in [0.15, 0.2) is 12.1 Å². The van der Waals surface area contributed by atoms with Gasteiger partial charge >= 0.3 is 6.09 Å². The molecule has 1 aromatic rings. The summed E-state index contributed by atoms with van der Waals surface area (Å²) in [6, 6.07) is 3.70. The summed E-state index contributed by atoms with van der Waals surface area (Å²) in [4.78, 5) is 14.2. The van der Waals surface area contributed by atoms with Gasteiger partial charge in [0.2, 0.25) is 0 Å². The lowest BCUT2D eigenvalue weighted by Gasteiger charge is -2.45. The van der Waals surface area contributed by atoms with Crippen LogP contribution >= 0.6 is 0 Å². The zero-order chi connectivity index (χ0) is 16.5. The SMILES string of the molecule is CC(C)(C)OC(=O)N1CCC(c2ccc(N)nn2)CC1(C)C. The van der Waals surface area contributed by atoms with Gasteiger partial charge in [0.15, 0.2) is 0 Å². The van der Waals surface area contributed by atoms with Crippen molar-refractivity contribution in [3.05, 3.63) is 17.8 Å². The average Bonchev–Trinajstić information content (AvgIpc) is 2.36. The Balaban J connectivity index is 2.09. The first-order valence-corrected chi connectivity index (χ1v) is 7.68. The van der Waals surface area contributed by atoms with Crippen molar-refractivity contribution in [2.24, 2.45) is 0 Å². The molecule has 0 bridgehead atoms. The molecule has 1 aromatic heterocycles. The van der Waals surface area contributed by atoms with Crippen LogP contribution in [-0.2, 0) is 4.74 Å². The molecule has 2 N–H and O–H groups in total. The minimum absolute atomic E-state index is 0.251. The monoisotopic (exact) mass is 306 g/mol. The third kappa shape index (κ3) is 3.87. The van der Waals surface area contributed by atoms with Gasteiger partial charge in [0.05, 0.1) is 5.69 Å². The maximum absolute atomic E-state index is 12.4. The van der Waals surface area contributed by atoms with Crippen molar-refractivity contribution in [1.29, 1.82) is 0 Å². The van der Waals surface area contributed by atoms with Gasteiger partial charge in [-0.2, -0.15) is 5.10 Å². The zero-order valence-corrected chi connectivity index (χ0v) is 14.1. The molecule has 1 amide bonds. The topological polar surface area (TPSA) is 81.3 Å². The first-order chi connectivity index (χ1) is 10.1. The van der Waals surface area contributed by atoms with Crippen LogP contribution in [0.2, 0.25) is 0 Å². The van der Waals surface area contributed by atoms with Gasteiger partial charge in [-0.15, -0.1) is 5.10 Å². The van der Waals surface area contributed by atoms with E-state index in [0.29, 0.717) is 12.4 Å². The number of rotatable bonds is 1. The Bertz CT molecular complexity index is 534. The quantitative estimate of drug-likeness (QED) is 0.862. The number of aromatic nitrogens is 2. The second-order valence-electron chi connectivity index (χ2n) is 7.52. The van der Waals surface area contributed by atoms with Gasteiger partial charge < -0.3 is 15.4 Å². The van der Waals surface area contributed by atoms with E-state index in [9.17, 15) is 4.79 Å². The van der Waals surface area contributed by atoms with Crippen LogP contribution in [0.4, 0.5) is 10.6 Å². The number of nitrogen functional groups attached to an aromatic ring is 1. The molecule has 0 aromatic carbocycles. The molecule has 1 atom stereocenters. The van der Waals surface area contributed by atoms with Gasteiger partial charge in [-0.05, 0) is 59.6 Å². The summed E-state index contributed by atoms with van der Waals surface area (Å²) in [6.45, 7) is 10.4. The lowest BCUT2D eigenvalue weighted by molar-refractivity contribution is -0.00955. The van der Waals surface area contributed by atoms with Gasteiger partial charge in [0, 0.05) is 18.0 Å². The average molecular weight is 306 g/mol. The number of anilines is 1. The Morgan fingerprint density at radius 2 is 2.05 bits per heavy atom. The number of hydrogen-bond acceptors (Lipinski definition) is 5. The molecule has 122 valence electrons. The van der Waals surface area contributed by atoms with E-state index < -0.39 is 5.60 Å². The van der Waals surface area contributed by atoms with Crippen LogP contribution in [0, 0.1) is 0 Å². The molecular weight excluding hydrogens is 280 g/mol. The molecule has 1 unspecified atom stereocenters. The van der Waals surface area contributed by atoms with Crippen molar-refractivity contribution in [3.8, 4) is 0 Å². The first-order valence-electron chi connectivity index (χ1n) is 7.68. The van der Waals surface area contributed by atoms with E-state index in [1.807, 2.05) is 31.7 Å². The Labute approximate surface area is 132 Å². The lowest BCUT2D eigenvalue weighted by Crippen LogP contribution is -2.53. The van der Waals surface area contributed by atoms with Crippen molar-refractivity contribution >= 4 is 11.9 Å². The van der Waals surface area contributed by atoms with Crippen molar-refractivity contribution in [1.82, 2.24) is 15.1 Å². The van der Waals surface area contributed by atoms with Crippen LogP contribution in [0.25, 0.3) is 0 Å². The Hall–Kier alpha value is -1.85. The van der Waals surface area contributed by atoms with Crippen LogP contribution in [0.1, 0.15) is 59.1 Å². The number of hydrogen-bond donors (Lipinski definition) is 1. The maximum atomic E-state index is 12.4. The normalized spacial score (nSPS) is 21.5. The number of piperidine rings is 1. The summed E-state index contributed by atoms with van der Waals surface area (Å²) < 4.78 is 5.51. The molecule has 0 aliphatic carbocycles. The van der Waals surface area contributed by atoms with Crippen LogP contribution < -0.4 is 5.73 Å². The van der Waals surface area contributed by atoms with E-state index in [0.717, 1.165) is 18.5 Å². The fraction of sp³-hybridized carbons (Fsp3) is 0.688.